The van der Waals surface area contributed by atoms with Crippen LogP contribution in [0.4, 0.5) is 4.79 Å². The van der Waals surface area contributed by atoms with Crippen LogP contribution in [0.25, 0.3) is 0 Å². The summed E-state index contributed by atoms with van der Waals surface area (Å²) < 4.78 is 5.35. The quantitative estimate of drug-likeness (QED) is 0.822. The number of nitrogens with two attached hydrogens (primary N) is 1. The lowest BCUT2D eigenvalue weighted by Gasteiger charge is -2.38. The first-order chi connectivity index (χ1) is 8.60. The van der Waals surface area contributed by atoms with Crippen LogP contribution in [0.1, 0.15) is 46.5 Å². The van der Waals surface area contributed by atoms with E-state index in [2.05, 4.69) is 0 Å². The van der Waals surface area contributed by atoms with E-state index < -0.39 is 0 Å². The van der Waals surface area contributed by atoms with Crippen LogP contribution in [0.3, 0.4) is 0 Å². The normalized spacial score (nSPS) is 24.1. The maximum absolute atomic E-state index is 12.1. The summed E-state index contributed by atoms with van der Waals surface area (Å²) in [5.41, 5.74) is 5.83. The Bertz CT molecular complexity index is 256. The standard InChI is InChI=1S/C14H28N2O2/c1-4-16(14(17)18-10-11(2)3)13-8-6-5-7-12(13)9-15/h11-13H,4-10,15H2,1-3H3. The summed E-state index contributed by atoms with van der Waals surface area (Å²) in [6.07, 6.45) is 4.45. The fraction of sp³-hybridized carbons (Fsp3) is 0.929. The molecule has 1 fully saturated rings. The van der Waals surface area contributed by atoms with Crippen molar-refractivity contribution >= 4 is 6.09 Å². The Hall–Kier alpha value is -0.770. The second kappa shape index (κ2) is 7.62. The van der Waals surface area contributed by atoms with Gasteiger partial charge in [-0.2, -0.15) is 0 Å². The van der Waals surface area contributed by atoms with Gasteiger partial charge in [0, 0.05) is 12.6 Å². The van der Waals surface area contributed by atoms with Crippen molar-refractivity contribution in [3.8, 4) is 0 Å². The molecular formula is C14H28N2O2. The number of amides is 1. The summed E-state index contributed by atoms with van der Waals surface area (Å²) in [7, 11) is 0. The Labute approximate surface area is 111 Å². The second-order valence-corrected chi connectivity index (χ2v) is 5.60. The molecule has 1 aliphatic rings. The van der Waals surface area contributed by atoms with E-state index in [1.807, 2.05) is 25.7 Å². The van der Waals surface area contributed by atoms with Gasteiger partial charge in [-0.15, -0.1) is 0 Å². The van der Waals surface area contributed by atoms with Gasteiger partial charge in [0.2, 0.25) is 0 Å². The van der Waals surface area contributed by atoms with Crippen LogP contribution in [-0.2, 0) is 4.74 Å². The van der Waals surface area contributed by atoms with Crippen molar-refractivity contribution in [2.24, 2.45) is 17.6 Å². The number of ether oxygens (including phenoxy) is 1. The Morgan fingerprint density at radius 1 is 1.39 bits per heavy atom. The van der Waals surface area contributed by atoms with E-state index in [1.54, 1.807) is 0 Å². The molecule has 0 aromatic carbocycles. The average Bonchev–Trinajstić information content (AvgIpc) is 2.37. The topological polar surface area (TPSA) is 55.6 Å². The molecule has 1 rings (SSSR count). The SMILES string of the molecule is CCN(C(=O)OCC(C)C)C1CCCCC1CN. The van der Waals surface area contributed by atoms with Crippen molar-refractivity contribution in [2.45, 2.75) is 52.5 Å². The first kappa shape index (κ1) is 15.3. The van der Waals surface area contributed by atoms with Gasteiger partial charge in [-0.1, -0.05) is 26.7 Å². The minimum atomic E-state index is -0.170. The number of carbonyl (C=O) groups is 1. The average molecular weight is 256 g/mol. The molecule has 0 aromatic heterocycles. The van der Waals surface area contributed by atoms with Crippen molar-refractivity contribution in [1.29, 1.82) is 0 Å². The van der Waals surface area contributed by atoms with E-state index in [9.17, 15) is 4.79 Å². The minimum absolute atomic E-state index is 0.170. The Balaban J connectivity index is 2.59. The Morgan fingerprint density at radius 3 is 2.61 bits per heavy atom. The van der Waals surface area contributed by atoms with E-state index in [1.165, 1.54) is 12.8 Å². The summed E-state index contributed by atoms with van der Waals surface area (Å²) in [5, 5.41) is 0. The van der Waals surface area contributed by atoms with Gasteiger partial charge in [-0.05, 0) is 38.1 Å². The highest BCUT2D eigenvalue weighted by Gasteiger charge is 2.32. The fourth-order valence-electron chi connectivity index (χ4n) is 2.69. The van der Waals surface area contributed by atoms with Crippen molar-refractivity contribution in [2.75, 3.05) is 19.7 Å². The van der Waals surface area contributed by atoms with Gasteiger partial charge in [-0.25, -0.2) is 4.79 Å². The first-order valence-corrected chi connectivity index (χ1v) is 7.23. The molecule has 106 valence electrons. The third-order valence-corrected chi connectivity index (χ3v) is 3.69. The molecule has 1 amide bonds. The molecule has 0 radical (unpaired) electrons. The second-order valence-electron chi connectivity index (χ2n) is 5.60. The fourth-order valence-corrected chi connectivity index (χ4v) is 2.69. The van der Waals surface area contributed by atoms with Gasteiger partial charge in [0.05, 0.1) is 6.61 Å². The number of hydrogen-bond acceptors (Lipinski definition) is 3. The molecule has 1 saturated carbocycles. The van der Waals surface area contributed by atoms with Gasteiger partial charge in [0.1, 0.15) is 0 Å². The highest BCUT2D eigenvalue weighted by molar-refractivity contribution is 5.68. The molecule has 0 aliphatic heterocycles. The maximum Gasteiger partial charge on any atom is 0.410 e. The lowest BCUT2D eigenvalue weighted by atomic mass is 9.83. The van der Waals surface area contributed by atoms with Crippen LogP contribution in [-0.4, -0.2) is 36.7 Å². The van der Waals surface area contributed by atoms with Crippen molar-refractivity contribution in [3.63, 3.8) is 0 Å². The predicted molar refractivity (Wildman–Crippen MR) is 73.4 cm³/mol. The van der Waals surface area contributed by atoms with Crippen molar-refractivity contribution in [1.82, 2.24) is 4.90 Å². The van der Waals surface area contributed by atoms with Crippen LogP contribution < -0.4 is 5.73 Å². The van der Waals surface area contributed by atoms with Crippen molar-refractivity contribution < 1.29 is 9.53 Å². The van der Waals surface area contributed by atoms with Gasteiger partial charge in [0.25, 0.3) is 0 Å². The third kappa shape index (κ3) is 4.16. The first-order valence-electron chi connectivity index (χ1n) is 7.23. The van der Waals surface area contributed by atoms with E-state index in [-0.39, 0.29) is 12.1 Å². The summed E-state index contributed by atoms with van der Waals surface area (Å²) in [6.45, 7) is 7.98. The molecule has 2 unspecified atom stereocenters. The number of hydrogen-bond donors (Lipinski definition) is 1. The predicted octanol–water partition coefficient (Wildman–Crippen LogP) is 2.62. The molecule has 1 aliphatic carbocycles. The summed E-state index contributed by atoms with van der Waals surface area (Å²) in [5.74, 6) is 0.814. The molecule has 0 heterocycles. The zero-order chi connectivity index (χ0) is 13.5. The van der Waals surface area contributed by atoms with Gasteiger partial charge in [-0.3, -0.25) is 0 Å². The summed E-state index contributed by atoms with van der Waals surface area (Å²) >= 11 is 0. The van der Waals surface area contributed by atoms with Crippen molar-refractivity contribution in [3.05, 3.63) is 0 Å². The highest BCUT2D eigenvalue weighted by Crippen LogP contribution is 2.28. The Morgan fingerprint density at radius 2 is 2.06 bits per heavy atom. The van der Waals surface area contributed by atoms with Gasteiger partial charge >= 0.3 is 6.09 Å². The van der Waals surface area contributed by atoms with E-state index in [0.717, 1.165) is 12.8 Å². The number of carbonyl (C=O) groups excluding carboxylic acids is 1. The highest BCUT2D eigenvalue weighted by atomic mass is 16.6. The van der Waals surface area contributed by atoms with Crippen LogP contribution in [0.15, 0.2) is 0 Å². The molecule has 18 heavy (non-hydrogen) atoms. The molecule has 0 spiro atoms. The van der Waals surface area contributed by atoms with Crippen LogP contribution >= 0.6 is 0 Å². The zero-order valence-corrected chi connectivity index (χ0v) is 12.0. The minimum Gasteiger partial charge on any atom is -0.449 e. The van der Waals surface area contributed by atoms with E-state index >= 15 is 0 Å². The van der Waals surface area contributed by atoms with Crippen LogP contribution in [0.5, 0.6) is 0 Å². The zero-order valence-electron chi connectivity index (χ0n) is 12.0. The summed E-state index contributed by atoms with van der Waals surface area (Å²) in [4.78, 5) is 14.0. The van der Waals surface area contributed by atoms with Gasteiger partial charge < -0.3 is 15.4 Å². The number of rotatable bonds is 5. The molecule has 0 bridgehead atoms. The molecule has 2 N–H and O–H groups in total. The molecule has 4 nitrogen and oxygen atoms in total. The lowest BCUT2D eigenvalue weighted by Crippen LogP contribution is -2.48. The van der Waals surface area contributed by atoms with Crippen LogP contribution in [0.2, 0.25) is 0 Å². The number of nitrogens with zero attached hydrogens (tertiary/aromatic N) is 1. The Kier molecular flexibility index (Phi) is 6.47. The molecular weight excluding hydrogens is 228 g/mol. The molecule has 2 atom stereocenters. The van der Waals surface area contributed by atoms with Gasteiger partial charge in [0.15, 0.2) is 0 Å². The monoisotopic (exact) mass is 256 g/mol. The van der Waals surface area contributed by atoms with E-state index in [4.69, 9.17) is 10.5 Å². The third-order valence-electron chi connectivity index (χ3n) is 3.69. The van der Waals surface area contributed by atoms with E-state index in [0.29, 0.717) is 31.5 Å². The summed E-state index contributed by atoms with van der Waals surface area (Å²) in [6, 6.07) is 0.272. The van der Waals surface area contributed by atoms with Crippen LogP contribution in [0, 0.1) is 11.8 Å². The molecule has 0 aromatic rings. The molecule has 0 saturated heterocycles. The maximum atomic E-state index is 12.1. The smallest absolute Gasteiger partial charge is 0.410 e. The molecule has 4 heteroatoms. The lowest BCUT2D eigenvalue weighted by molar-refractivity contribution is 0.0567. The largest absolute Gasteiger partial charge is 0.449 e.